The molecule has 1 N–H and O–H groups in total. The largest absolute Gasteiger partial charge is 0.384 e. The minimum Gasteiger partial charge on any atom is -0.384 e. The first kappa shape index (κ1) is 12.0. The highest BCUT2D eigenvalue weighted by Gasteiger charge is 2.24. The normalized spacial score (nSPS) is 20.6. The van der Waals surface area contributed by atoms with E-state index in [2.05, 4.69) is 19.2 Å². The molecule has 14 heavy (non-hydrogen) atoms. The van der Waals surface area contributed by atoms with Crippen molar-refractivity contribution in [1.29, 1.82) is 0 Å². The van der Waals surface area contributed by atoms with Crippen molar-refractivity contribution >= 4 is 0 Å². The molecule has 0 aromatic carbocycles. The van der Waals surface area contributed by atoms with Crippen molar-refractivity contribution in [3.05, 3.63) is 0 Å². The molecule has 2 nitrogen and oxygen atoms in total. The van der Waals surface area contributed by atoms with Gasteiger partial charge >= 0.3 is 0 Å². The molecule has 1 unspecified atom stereocenters. The monoisotopic (exact) mass is 199 g/mol. The van der Waals surface area contributed by atoms with Crippen LogP contribution in [0.4, 0.5) is 0 Å². The number of ether oxygens (including phenoxy) is 1. The lowest BCUT2D eigenvalue weighted by Gasteiger charge is -2.24. The highest BCUT2D eigenvalue weighted by Crippen LogP contribution is 2.31. The quantitative estimate of drug-likeness (QED) is 0.709. The molecule has 0 heterocycles. The zero-order chi connectivity index (χ0) is 10.4. The molecule has 0 aromatic heterocycles. The van der Waals surface area contributed by atoms with Crippen LogP contribution in [0, 0.1) is 11.8 Å². The SMILES string of the molecule is COCC(CNC(C)C)C1CCCC1. The van der Waals surface area contributed by atoms with Crippen LogP contribution in [-0.2, 0) is 4.74 Å². The van der Waals surface area contributed by atoms with Gasteiger partial charge in [-0.25, -0.2) is 0 Å². The molecular formula is C12H25NO. The van der Waals surface area contributed by atoms with Crippen molar-refractivity contribution in [2.24, 2.45) is 11.8 Å². The third kappa shape index (κ3) is 3.97. The maximum atomic E-state index is 5.31. The average Bonchev–Trinajstić information content (AvgIpc) is 2.64. The first-order chi connectivity index (χ1) is 6.74. The Morgan fingerprint density at radius 1 is 1.29 bits per heavy atom. The molecule has 1 saturated carbocycles. The molecule has 1 rings (SSSR count). The first-order valence-corrected chi connectivity index (χ1v) is 5.96. The van der Waals surface area contributed by atoms with Gasteiger partial charge in [0.2, 0.25) is 0 Å². The zero-order valence-electron chi connectivity index (χ0n) is 9.88. The van der Waals surface area contributed by atoms with Gasteiger partial charge in [-0.1, -0.05) is 39.5 Å². The molecule has 0 amide bonds. The molecule has 0 aliphatic heterocycles. The van der Waals surface area contributed by atoms with Crippen LogP contribution < -0.4 is 5.32 Å². The Balaban J connectivity index is 2.29. The van der Waals surface area contributed by atoms with Crippen molar-refractivity contribution in [3.63, 3.8) is 0 Å². The third-order valence-corrected chi connectivity index (χ3v) is 3.24. The maximum Gasteiger partial charge on any atom is 0.0505 e. The second-order valence-corrected chi connectivity index (χ2v) is 4.82. The minimum atomic E-state index is 0.593. The molecule has 0 saturated heterocycles. The van der Waals surface area contributed by atoms with Crippen molar-refractivity contribution < 1.29 is 4.74 Å². The highest BCUT2D eigenvalue weighted by atomic mass is 16.5. The molecule has 1 fully saturated rings. The number of rotatable bonds is 6. The summed E-state index contributed by atoms with van der Waals surface area (Å²) in [7, 11) is 1.82. The van der Waals surface area contributed by atoms with Crippen LogP contribution in [0.2, 0.25) is 0 Å². The van der Waals surface area contributed by atoms with Crippen LogP contribution in [0.15, 0.2) is 0 Å². The Morgan fingerprint density at radius 3 is 2.43 bits per heavy atom. The van der Waals surface area contributed by atoms with Crippen LogP contribution in [0.3, 0.4) is 0 Å². The number of methoxy groups -OCH3 is 1. The minimum absolute atomic E-state index is 0.593. The summed E-state index contributed by atoms with van der Waals surface area (Å²) in [5.41, 5.74) is 0. The maximum absolute atomic E-state index is 5.31. The van der Waals surface area contributed by atoms with E-state index >= 15 is 0 Å². The second-order valence-electron chi connectivity index (χ2n) is 4.82. The Morgan fingerprint density at radius 2 is 1.93 bits per heavy atom. The molecule has 2 heteroatoms. The van der Waals surface area contributed by atoms with Gasteiger partial charge in [-0.05, 0) is 11.8 Å². The molecule has 1 atom stereocenters. The summed E-state index contributed by atoms with van der Waals surface area (Å²) < 4.78 is 5.31. The lowest BCUT2D eigenvalue weighted by Crippen LogP contribution is -2.34. The summed E-state index contributed by atoms with van der Waals surface area (Å²) in [6, 6.07) is 0.593. The van der Waals surface area contributed by atoms with Gasteiger partial charge in [-0.3, -0.25) is 0 Å². The molecule has 0 spiro atoms. The Bertz CT molecular complexity index is 141. The molecular weight excluding hydrogens is 174 g/mol. The zero-order valence-corrected chi connectivity index (χ0v) is 9.88. The summed E-state index contributed by atoms with van der Waals surface area (Å²) in [5, 5.41) is 3.53. The molecule has 1 aliphatic rings. The van der Waals surface area contributed by atoms with E-state index in [1.54, 1.807) is 0 Å². The summed E-state index contributed by atoms with van der Waals surface area (Å²) >= 11 is 0. The van der Waals surface area contributed by atoms with Gasteiger partial charge in [0.15, 0.2) is 0 Å². The predicted octanol–water partition coefficient (Wildman–Crippen LogP) is 2.44. The van der Waals surface area contributed by atoms with Gasteiger partial charge in [-0.15, -0.1) is 0 Å². The molecule has 84 valence electrons. The van der Waals surface area contributed by atoms with Crippen LogP contribution in [0.1, 0.15) is 39.5 Å². The molecule has 0 radical (unpaired) electrons. The third-order valence-electron chi connectivity index (χ3n) is 3.24. The van der Waals surface area contributed by atoms with E-state index in [4.69, 9.17) is 4.74 Å². The van der Waals surface area contributed by atoms with Gasteiger partial charge in [-0.2, -0.15) is 0 Å². The van der Waals surface area contributed by atoms with E-state index in [9.17, 15) is 0 Å². The molecule has 0 aromatic rings. The standard InChI is InChI=1S/C12H25NO/c1-10(2)13-8-12(9-14-3)11-6-4-5-7-11/h10-13H,4-9H2,1-3H3. The first-order valence-electron chi connectivity index (χ1n) is 5.96. The van der Waals surface area contributed by atoms with Crippen molar-refractivity contribution in [2.75, 3.05) is 20.3 Å². The summed E-state index contributed by atoms with van der Waals surface area (Å²) in [6.07, 6.45) is 5.67. The van der Waals surface area contributed by atoms with Crippen LogP contribution in [-0.4, -0.2) is 26.3 Å². The fourth-order valence-corrected chi connectivity index (χ4v) is 2.39. The van der Waals surface area contributed by atoms with Gasteiger partial charge in [0, 0.05) is 19.7 Å². The van der Waals surface area contributed by atoms with Crippen molar-refractivity contribution in [3.8, 4) is 0 Å². The average molecular weight is 199 g/mol. The van der Waals surface area contributed by atoms with Crippen LogP contribution >= 0.6 is 0 Å². The van der Waals surface area contributed by atoms with Gasteiger partial charge in [0.25, 0.3) is 0 Å². The van der Waals surface area contributed by atoms with E-state index in [0.29, 0.717) is 6.04 Å². The van der Waals surface area contributed by atoms with Crippen LogP contribution in [0.25, 0.3) is 0 Å². The second kappa shape index (κ2) is 6.41. The van der Waals surface area contributed by atoms with E-state index < -0.39 is 0 Å². The lowest BCUT2D eigenvalue weighted by atomic mass is 9.91. The van der Waals surface area contributed by atoms with Gasteiger partial charge < -0.3 is 10.1 Å². The molecule has 1 aliphatic carbocycles. The fourth-order valence-electron chi connectivity index (χ4n) is 2.39. The lowest BCUT2D eigenvalue weighted by molar-refractivity contribution is 0.118. The summed E-state index contributed by atoms with van der Waals surface area (Å²) in [6.45, 7) is 6.46. The van der Waals surface area contributed by atoms with E-state index in [1.807, 2.05) is 7.11 Å². The Kier molecular flexibility index (Phi) is 5.49. The number of hydrogen-bond acceptors (Lipinski definition) is 2. The Labute approximate surface area is 88.4 Å². The van der Waals surface area contributed by atoms with Crippen molar-refractivity contribution in [1.82, 2.24) is 5.32 Å². The Hall–Kier alpha value is -0.0800. The van der Waals surface area contributed by atoms with Crippen molar-refractivity contribution in [2.45, 2.75) is 45.6 Å². The van der Waals surface area contributed by atoms with Gasteiger partial charge in [0.05, 0.1) is 6.61 Å². The van der Waals surface area contributed by atoms with Gasteiger partial charge in [0.1, 0.15) is 0 Å². The number of nitrogens with one attached hydrogen (secondary N) is 1. The predicted molar refractivity (Wildman–Crippen MR) is 60.5 cm³/mol. The fraction of sp³-hybridized carbons (Fsp3) is 1.00. The van der Waals surface area contributed by atoms with Crippen LogP contribution in [0.5, 0.6) is 0 Å². The smallest absolute Gasteiger partial charge is 0.0505 e. The topological polar surface area (TPSA) is 21.3 Å². The molecule has 0 bridgehead atoms. The van der Waals surface area contributed by atoms with E-state index in [0.717, 1.165) is 25.0 Å². The van der Waals surface area contributed by atoms with E-state index in [-0.39, 0.29) is 0 Å². The number of hydrogen-bond donors (Lipinski definition) is 1. The highest BCUT2D eigenvalue weighted by molar-refractivity contribution is 4.77. The summed E-state index contributed by atoms with van der Waals surface area (Å²) in [4.78, 5) is 0. The summed E-state index contributed by atoms with van der Waals surface area (Å²) in [5.74, 6) is 1.63. The van der Waals surface area contributed by atoms with E-state index in [1.165, 1.54) is 25.7 Å².